The molecule has 3 rings (SSSR count). The van der Waals surface area contributed by atoms with Gasteiger partial charge in [-0.15, -0.1) is 0 Å². The zero-order chi connectivity index (χ0) is 16.0. The lowest BCUT2D eigenvalue weighted by Gasteiger charge is -2.40. The fraction of sp³-hybridized carbons (Fsp3) is 0.846. The van der Waals surface area contributed by atoms with Crippen LogP contribution in [0.4, 0.5) is 13.2 Å². The molecule has 0 aromatic heterocycles. The maximum absolute atomic E-state index is 13.2. The largest absolute Gasteiger partial charge is 0.468 e. The summed E-state index contributed by atoms with van der Waals surface area (Å²) in [7, 11) is 1.19. The second kappa shape index (κ2) is 5.38. The minimum atomic E-state index is -4.54. The first kappa shape index (κ1) is 15.5. The van der Waals surface area contributed by atoms with Crippen LogP contribution in [0.5, 0.6) is 0 Å². The van der Waals surface area contributed by atoms with Crippen molar-refractivity contribution in [3.05, 3.63) is 0 Å². The summed E-state index contributed by atoms with van der Waals surface area (Å²) < 4.78 is 55.3. The van der Waals surface area contributed by atoms with Gasteiger partial charge in [0.05, 0.1) is 26.4 Å². The third-order valence-corrected chi connectivity index (χ3v) is 4.41. The highest BCUT2D eigenvalue weighted by molar-refractivity contribution is 5.94. The highest BCUT2D eigenvalue weighted by Crippen LogP contribution is 2.46. The Balaban J connectivity index is 1.83. The number of fused-ring (bicyclic) bond motifs is 1. The van der Waals surface area contributed by atoms with E-state index in [2.05, 4.69) is 9.84 Å². The van der Waals surface area contributed by atoms with Crippen LogP contribution in [0.25, 0.3) is 0 Å². The van der Waals surface area contributed by atoms with Crippen LogP contribution in [-0.4, -0.2) is 61.6 Å². The topological polar surface area (TPSA) is 60.4 Å². The van der Waals surface area contributed by atoms with E-state index in [-0.39, 0.29) is 13.0 Å². The summed E-state index contributed by atoms with van der Waals surface area (Å²) in [6.45, 7) is 0.496. The van der Waals surface area contributed by atoms with E-state index in [1.807, 2.05) is 0 Å². The molecule has 2 heterocycles. The van der Waals surface area contributed by atoms with Gasteiger partial charge in [0, 0.05) is 18.8 Å². The predicted molar refractivity (Wildman–Crippen MR) is 68.0 cm³/mol. The third kappa shape index (κ3) is 2.67. The Morgan fingerprint density at radius 3 is 2.73 bits per heavy atom. The Labute approximate surface area is 125 Å². The molecule has 1 aliphatic carbocycles. The molecule has 124 valence electrons. The molecule has 2 fully saturated rings. The van der Waals surface area contributed by atoms with Crippen LogP contribution >= 0.6 is 0 Å². The molecular weight excluding hydrogens is 305 g/mol. The number of rotatable bonds is 2. The molecule has 0 aromatic carbocycles. The molecule has 0 N–H and O–H groups in total. The first-order valence-corrected chi connectivity index (χ1v) is 7.12. The highest BCUT2D eigenvalue weighted by atomic mass is 19.4. The van der Waals surface area contributed by atoms with Crippen molar-refractivity contribution in [3.8, 4) is 0 Å². The quantitative estimate of drug-likeness (QED) is 0.717. The van der Waals surface area contributed by atoms with E-state index in [1.165, 1.54) is 12.1 Å². The summed E-state index contributed by atoms with van der Waals surface area (Å²) >= 11 is 0. The maximum Gasteiger partial charge on any atom is 0.431 e. The summed E-state index contributed by atoms with van der Waals surface area (Å²) in [6.07, 6.45) is -3.52. The molecule has 1 saturated carbocycles. The Morgan fingerprint density at radius 2 is 2.14 bits per heavy atom. The maximum atomic E-state index is 13.2. The Hall–Kier alpha value is -1.35. The number of carbonyl (C=O) groups excluding carboxylic acids is 1. The highest BCUT2D eigenvalue weighted by Gasteiger charge is 2.56. The van der Waals surface area contributed by atoms with Crippen molar-refractivity contribution in [3.63, 3.8) is 0 Å². The molecule has 0 amide bonds. The standard InChI is InChI=1S/C13H17F3N2O4/c1-20-10(19)7-18-9-2-3-12(21-4-5-22-12)6-8(9)11(17-18)13(14,15)16/h8-9H,2-7H2,1H3. The Morgan fingerprint density at radius 1 is 1.45 bits per heavy atom. The molecule has 22 heavy (non-hydrogen) atoms. The summed E-state index contributed by atoms with van der Waals surface area (Å²) in [5.41, 5.74) is -0.862. The molecule has 0 bridgehead atoms. The normalized spacial score (nSPS) is 30.4. The van der Waals surface area contributed by atoms with Gasteiger partial charge in [-0.3, -0.25) is 9.80 Å². The van der Waals surface area contributed by atoms with Gasteiger partial charge in [-0.2, -0.15) is 18.3 Å². The number of halogens is 3. The van der Waals surface area contributed by atoms with Crippen LogP contribution in [-0.2, 0) is 19.0 Å². The van der Waals surface area contributed by atoms with E-state index >= 15 is 0 Å². The number of alkyl halides is 3. The van der Waals surface area contributed by atoms with E-state index in [1.54, 1.807) is 0 Å². The smallest absolute Gasteiger partial charge is 0.431 e. The van der Waals surface area contributed by atoms with Crippen LogP contribution < -0.4 is 0 Å². The third-order valence-electron chi connectivity index (χ3n) is 4.41. The molecule has 3 aliphatic rings. The van der Waals surface area contributed by atoms with Gasteiger partial charge in [-0.25, -0.2) is 0 Å². The lowest BCUT2D eigenvalue weighted by molar-refractivity contribution is -0.190. The van der Waals surface area contributed by atoms with Crippen molar-refractivity contribution >= 4 is 11.7 Å². The molecule has 1 spiro atoms. The SMILES string of the molecule is COC(=O)CN1N=C(C(F)(F)F)C2CC3(CCC21)OCCO3. The Bertz CT molecular complexity index is 488. The van der Waals surface area contributed by atoms with Crippen molar-refractivity contribution in [1.82, 2.24) is 5.01 Å². The fourth-order valence-electron chi connectivity index (χ4n) is 3.44. The molecule has 9 heteroatoms. The zero-order valence-corrected chi connectivity index (χ0v) is 12.1. The molecule has 2 atom stereocenters. The van der Waals surface area contributed by atoms with Gasteiger partial charge in [-0.05, 0) is 6.42 Å². The second-order valence-corrected chi connectivity index (χ2v) is 5.68. The first-order valence-electron chi connectivity index (χ1n) is 7.12. The van der Waals surface area contributed by atoms with E-state index in [4.69, 9.17) is 9.47 Å². The van der Waals surface area contributed by atoms with E-state index < -0.39 is 35.6 Å². The van der Waals surface area contributed by atoms with Gasteiger partial charge >= 0.3 is 12.1 Å². The van der Waals surface area contributed by atoms with Crippen LogP contribution in [0.15, 0.2) is 5.10 Å². The summed E-state index contributed by atoms with van der Waals surface area (Å²) in [5, 5.41) is 4.85. The van der Waals surface area contributed by atoms with Crippen molar-refractivity contribution < 1.29 is 32.2 Å². The molecule has 2 aliphatic heterocycles. The zero-order valence-electron chi connectivity index (χ0n) is 12.1. The van der Waals surface area contributed by atoms with Crippen molar-refractivity contribution in [2.24, 2.45) is 11.0 Å². The molecule has 1 saturated heterocycles. The van der Waals surface area contributed by atoms with Gasteiger partial charge in [0.2, 0.25) is 0 Å². The van der Waals surface area contributed by atoms with Crippen LogP contribution in [0.3, 0.4) is 0 Å². The van der Waals surface area contributed by atoms with Crippen LogP contribution in [0, 0.1) is 5.92 Å². The molecule has 0 aromatic rings. The van der Waals surface area contributed by atoms with E-state index in [9.17, 15) is 18.0 Å². The van der Waals surface area contributed by atoms with Gasteiger partial charge in [0.25, 0.3) is 0 Å². The summed E-state index contributed by atoms with van der Waals surface area (Å²) in [6, 6.07) is -0.478. The average Bonchev–Trinajstić information content (AvgIpc) is 3.04. The first-order chi connectivity index (χ1) is 10.3. The number of methoxy groups -OCH3 is 1. The van der Waals surface area contributed by atoms with Gasteiger partial charge in [0.1, 0.15) is 12.3 Å². The minimum Gasteiger partial charge on any atom is -0.468 e. The van der Waals surface area contributed by atoms with Crippen molar-refractivity contribution in [2.75, 3.05) is 26.9 Å². The number of hydrazone groups is 1. The van der Waals surface area contributed by atoms with E-state index in [0.29, 0.717) is 26.1 Å². The Kier molecular flexibility index (Phi) is 3.80. The number of nitrogens with zero attached hydrogens (tertiary/aromatic N) is 2. The summed E-state index contributed by atoms with van der Waals surface area (Å²) in [4.78, 5) is 11.4. The average molecular weight is 322 g/mol. The number of esters is 1. The monoisotopic (exact) mass is 322 g/mol. The van der Waals surface area contributed by atoms with Crippen LogP contribution in [0.1, 0.15) is 19.3 Å². The minimum absolute atomic E-state index is 0.105. The molecule has 6 nitrogen and oxygen atoms in total. The predicted octanol–water partition coefficient (Wildman–Crippen LogP) is 1.31. The molecular formula is C13H17F3N2O4. The lowest BCUT2D eigenvalue weighted by atomic mass is 9.78. The van der Waals surface area contributed by atoms with Gasteiger partial charge in [0.15, 0.2) is 5.79 Å². The molecule has 2 unspecified atom stereocenters. The van der Waals surface area contributed by atoms with Crippen molar-refractivity contribution in [2.45, 2.75) is 37.3 Å². The lowest BCUT2D eigenvalue weighted by Crippen LogP contribution is -2.49. The van der Waals surface area contributed by atoms with Crippen LogP contribution in [0.2, 0.25) is 0 Å². The van der Waals surface area contributed by atoms with Gasteiger partial charge < -0.3 is 14.2 Å². The van der Waals surface area contributed by atoms with Crippen molar-refractivity contribution in [1.29, 1.82) is 0 Å². The number of ether oxygens (including phenoxy) is 3. The van der Waals surface area contributed by atoms with Gasteiger partial charge in [-0.1, -0.05) is 0 Å². The summed E-state index contributed by atoms with van der Waals surface area (Å²) in [5.74, 6) is -2.40. The number of hydrogen-bond donors (Lipinski definition) is 0. The van der Waals surface area contributed by atoms with E-state index in [0.717, 1.165) is 0 Å². The molecule has 0 radical (unpaired) electrons. The second-order valence-electron chi connectivity index (χ2n) is 5.68. The number of carbonyl (C=O) groups is 1. The fourth-order valence-corrected chi connectivity index (χ4v) is 3.44. The number of hydrogen-bond acceptors (Lipinski definition) is 6.